The highest BCUT2D eigenvalue weighted by molar-refractivity contribution is 5.88. The van der Waals surface area contributed by atoms with Gasteiger partial charge in [-0.25, -0.2) is 4.79 Å². The van der Waals surface area contributed by atoms with E-state index in [-0.39, 0.29) is 5.56 Å². The Morgan fingerprint density at radius 3 is 2.75 bits per heavy atom. The average Bonchev–Trinajstić information content (AvgIpc) is 2.29. The Morgan fingerprint density at radius 2 is 2.06 bits per heavy atom. The van der Waals surface area contributed by atoms with Gasteiger partial charge in [-0.3, -0.25) is 4.98 Å². The van der Waals surface area contributed by atoms with Crippen molar-refractivity contribution in [1.82, 2.24) is 4.98 Å². The lowest BCUT2D eigenvalue weighted by atomic mass is 10.1. The molecule has 0 aliphatic carbocycles. The molecule has 0 aliphatic heterocycles. The molecule has 2 rings (SSSR count). The van der Waals surface area contributed by atoms with E-state index in [4.69, 9.17) is 10.8 Å². The van der Waals surface area contributed by atoms with E-state index in [2.05, 4.69) is 4.98 Å². The largest absolute Gasteiger partial charge is 0.478 e. The molecular weight excluding hydrogens is 204 g/mol. The number of nitrogen functional groups attached to an aromatic ring is 1. The van der Waals surface area contributed by atoms with Crippen LogP contribution in [0.15, 0.2) is 42.6 Å². The van der Waals surface area contributed by atoms with Crippen LogP contribution in [-0.2, 0) is 0 Å². The molecule has 4 heteroatoms. The maximum Gasteiger partial charge on any atom is 0.335 e. The number of carboxylic acid groups (broad SMARTS) is 1. The second kappa shape index (κ2) is 4.02. The van der Waals surface area contributed by atoms with Crippen molar-refractivity contribution < 1.29 is 9.90 Å². The molecule has 0 saturated heterocycles. The van der Waals surface area contributed by atoms with Crippen LogP contribution in [0.1, 0.15) is 10.4 Å². The van der Waals surface area contributed by atoms with Gasteiger partial charge < -0.3 is 10.8 Å². The molecule has 0 spiro atoms. The van der Waals surface area contributed by atoms with Crippen LogP contribution >= 0.6 is 0 Å². The number of nitrogens with zero attached hydrogens (tertiary/aromatic N) is 1. The molecule has 2 aromatic rings. The van der Waals surface area contributed by atoms with Gasteiger partial charge in [0, 0.05) is 17.4 Å². The van der Waals surface area contributed by atoms with Crippen LogP contribution in [0.4, 0.5) is 5.69 Å². The molecule has 3 N–H and O–H groups in total. The summed E-state index contributed by atoms with van der Waals surface area (Å²) in [5.74, 6) is -0.965. The van der Waals surface area contributed by atoms with Crippen LogP contribution < -0.4 is 5.73 Å². The molecule has 1 aromatic heterocycles. The maximum atomic E-state index is 10.8. The predicted molar refractivity (Wildman–Crippen MR) is 61.0 cm³/mol. The summed E-state index contributed by atoms with van der Waals surface area (Å²) in [5, 5.41) is 8.86. The molecule has 16 heavy (non-hydrogen) atoms. The maximum absolute atomic E-state index is 10.8. The van der Waals surface area contributed by atoms with Gasteiger partial charge in [-0.1, -0.05) is 12.1 Å². The Labute approximate surface area is 92.4 Å². The fourth-order valence-electron chi connectivity index (χ4n) is 1.42. The molecule has 0 unspecified atom stereocenters. The van der Waals surface area contributed by atoms with Crippen molar-refractivity contribution in [2.75, 3.05) is 5.73 Å². The van der Waals surface area contributed by atoms with Crippen LogP contribution in [0.25, 0.3) is 11.3 Å². The number of carbonyl (C=O) groups is 1. The number of rotatable bonds is 2. The third-order valence-corrected chi connectivity index (χ3v) is 2.19. The molecule has 0 aliphatic rings. The van der Waals surface area contributed by atoms with Gasteiger partial charge in [0.05, 0.1) is 11.3 Å². The first-order valence-corrected chi connectivity index (χ1v) is 4.72. The van der Waals surface area contributed by atoms with Crippen LogP contribution in [-0.4, -0.2) is 16.1 Å². The van der Waals surface area contributed by atoms with Crippen LogP contribution in [0.5, 0.6) is 0 Å². The molecule has 4 nitrogen and oxygen atoms in total. The first kappa shape index (κ1) is 10.2. The van der Waals surface area contributed by atoms with Gasteiger partial charge in [0.15, 0.2) is 0 Å². The summed E-state index contributed by atoms with van der Waals surface area (Å²) in [4.78, 5) is 14.9. The lowest BCUT2D eigenvalue weighted by molar-refractivity contribution is 0.0697. The zero-order valence-electron chi connectivity index (χ0n) is 8.42. The van der Waals surface area contributed by atoms with Crippen molar-refractivity contribution in [3.05, 3.63) is 48.2 Å². The first-order chi connectivity index (χ1) is 7.66. The molecule has 0 bridgehead atoms. The van der Waals surface area contributed by atoms with Crippen LogP contribution in [0.2, 0.25) is 0 Å². The fourth-order valence-corrected chi connectivity index (χ4v) is 1.42. The zero-order chi connectivity index (χ0) is 11.5. The van der Waals surface area contributed by atoms with Crippen molar-refractivity contribution >= 4 is 11.7 Å². The molecule has 0 fully saturated rings. The van der Waals surface area contributed by atoms with E-state index >= 15 is 0 Å². The molecular formula is C12H10N2O2. The lowest BCUT2D eigenvalue weighted by Crippen LogP contribution is -1.97. The number of hydrogen-bond acceptors (Lipinski definition) is 3. The van der Waals surface area contributed by atoms with E-state index < -0.39 is 5.97 Å². The Kier molecular flexibility index (Phi) is 2.55. The lowest BCUT2D eigenvalue weighted by Gasteiger charge is -2.02. The average molecular weight is 214 g/mol. The molecule has 0 atom stereocenters. The van der Waals surface area contributed by atoms with E-state index in [0.29, 0.717) is 11.4 Å². The minimum absolute atomic E-state index is 0.215. The minimum atomic E-state index is -0.965. The van der Waals surface area contributed by atoms with Gasteiger partial charge in [0.2, 0.25) is 0 Å². The zero-order valence-corrected chi connectivity index (χ0v) is 8.42. The van der Waals surface area contributed by atoms with Gasteiger partial charge in [-0.2, -0.15) is 0 Å². The van der Waals surface area contributed by atoms with Gasteiger partial charge in [0.25, 0.3) is 0 Å². The summed E-state index contributed by atoms with van der Waals surface area (Å²) < 4.78 is 0. The van der Waals surface area contributed by atoms with Crippen molar-refractivity contribution in [2.45, 2.75) is 0 Å². The molecule has 0 saturated carbocycles. The Hall–Kier alpha value is -2.36. The van der Waals surface area contributed by atoms with Gasteiger partial charge in [0.1, 0.15) is 0 Å². The van der Waals surface area contributed by atoms with Gasteiger partial charge in [-0.05, 0) is 24.3 Å². The topological polar surface area (TPSA) is 76.2 Å². The smallest absolute Gasteiger partial charge is 0.335 e. The molecule has 80 valence electrons. The monoisotopic (exact) mass is 214 g/mol. The number of aromatic carboxylic acids is 1. The van der Waals surface area contributed by atoms with Crippen LogP contribution in [0.3, 0.4) is 0 Å². The third-order valence-electron chi connectivity index (χ3n) is 2.19. The summed E-state index contributed by atoms with van der Waals surface area (Å²) in [5.41, 5.74) is 7.90. The van der Waals surface area contributed by atoms with E-state index in [1.54, 1.807) is 18.2 Å². The number of nitrogens with two attached hydrogens (primary N) is 1. The highest BCUT2D eigenvalue weighted by Gasteiger charge is 2.05. The Bertz CT molecular complexity index is 538. The molecule has 1 heterocycles. The SMILES string of the molecule is Nc1cccc(-c2cc(C(=O)O)ccn2)c1. The van der Waals surface area contributed by atoms with Gasteiger partial charge in [-0.15, -0.1) is 0 Å². The number of benzene rings is 1. The molecule has 0 radical (unpaired) electrons. The number of pyridine rings is 1. The van der Waals surface area contributed by atoms with Crippen molar-refractivity contribution in [3.63, 3.8) is 0 Å². The van der Waals surface area contributed by atoms with Crippen molar-refractivity contribution in [1.29, 1.82) is 0 Å². The first-order valence-electron chi connectivity index (χ1n) is 4.72. The van der Waals surface area contributed by atoms with E-state index in [1.807, 2.05) is 6.07 Å². The van der Waals surface area contributed by atoms with E-state index in [9.17, 15) is 4.79 Å². The van der Waals surface area contributed by atoms with Crippen molar-refractivity contribution in [3.8, 4) is 11.3 Å². The van der Waals surface area contributed by atoms with Crippen LogP contribution in [0, 0.1) is 0 Å². The van der Waals surface area contributed by atoms with Gasteiger partial charge >= 0.3 is 5.97 Å². The Balaban J connectivity index is 2.48. The second-order valence-corrected chi connectivity index (χ2v) is 3.36. The number of carboxylic acids is 1. The fraction of sp³-hybridized carbons (Fsp3) is 0. The summed E-state index contributed by atoms with van der Waals surface area (Å²) in [6.07, 6.45) is 1.47. The second-order valence-electron chi connectivity index (χ2n) is 3.36. The number of anilines is 1. The highest BCUT2D eigenvalue weighted by Crippen LogP contribution is 2.19. The molecule has 0 amide bonds. The minimum Gasteiger partial charge on any atom is -0.478 e. The predicted octanol–water partition coefficient (Wildman–Crippen LogP) is 2.03. The summed E-state index contributed by atoms with van der Waals surface area (Å²) >= 11 is 0. The highest BCUT2D eigenvalue weighted by atomic mass is 16.4. The molecule has 1 aromatic carbocycles. The third kappa shape index (κ3) is 2.00. The standard InChI is InChI=1S/C12H10N2O2/c13-10-3-1-2-8(6-10)11-7-9(12(15)16)4-5-14-11/h1-7H,13H2,(H,15,16). The normalized spacial score (nSPS) is 10.0. The van der Waals surface area contributed by atoms with E-state index in [1.165, 1.54) is 18.3 Å². The quantitative estimate of drug-likeness (QED) is 0.750. The summed E-state index contributed by atoms with van der Waals surface area (Å²) in [6, 6.07) is 10.2. The summed E-state index contributed by atoms with van der Waals surface area (Å²) in [7, 11) is 0. The summed E-state index contributed by atoms with van der Waals surface area (Å²) in [6.45, 7) is 0. The number of hydrogen-bond donors (Lipinski definition) is 2. The van der Waals surface area contributed by atoms with E-state index in [0.717, 1.165) is 5.56 Å². The van der Waals surface area contributed by atoms with Crippen molar-refractivity contribution in [2.24, 2.45) is 0 Å². The Morgan fingerprint density at radius 1 is 1.25 bits per heavy atom. The number of aromatic nitrogens is 1.